The largest absolute Gasteiger partial charge is 0.696 e. The molecule has 1 rings (SSSR count). The van der Waals surface area contributed by atoms with Crippen LogP contribution in [0, 0.1) is 5.21 Å². The summed E-state index contributed by atoms with van der Waals surface area (Å²) in [5.41, 5.74) is 3.13. The molecule has 0 aromatic heterocycles. The summed E-state index contributed by atoms with van der Waals surface area (Å²) >= 11 is 5.76. The molecule has 0 aliphatic rings. The third-order valence-corrected chi connectivity index (χ3v) is 1.51. The summed E-state index contributed by atoms with van der Waals surface area (Å²) < 4.78 is 0. The van der Waals surface area contributed by atoms with Crippen LogP contribution >= 0.6 is 11.6 Å². The Balaban J connectivity index is 2.76. The number of anilines is 1. The zero-order valence-electron chi connectivity index (χ0n) is 6.49. The molecule has 0 unspecified atom stereocenters. The van der Waals surface area contributed by atoms with Gasteiger partial charge in [-0.1, -0.05) is 23.7 Å². The zero-order valence-corrected chi connectivity index (χ0v) is 7.25. The van der Waals surface area contributed by atoms with E-state index in [0.717, 1.165) is 0 Å². The number of rotatable bonds is 2. The minimum atomic E-state index is 0.420. The number of hydroxylamine groups is 1. The van der Waals surface area contributed by atoms with Crippen molar-refractivity contribution >= 4 is 17.3 Å². The van der Waals surface area contributed by atoms with Crippen LogP contribution in [0.2, 0.25) is 5.02 Å². The summed E-state index contributed by atoms with van der Waals surface area (Å²) in [7, 11) is 1.28. The molecule has 0 fully saturated rings. The smallest absolute Gasteiger partial charge is 0.165 e. The fourth-order valence-corrected chi connectivity index (χ4v) is 0.854. The molecule has 4 nitrogen and oxygen atoms in total. The molecule has 0 aliphatic carbocycles. The van der Waals surface area contributed by atoms with Crippen molar-refractivity contribution in [3.8, 4) is 0 Å². The Morgan fingerprint density at radius 1 is 1.50 bits per heavy atom. The topological polar surface area (TPSA) is 50.5 Å². The Hall–Kier alpha value is -1.29. The van der Waals surface area contributed by atoms with Gasteiger partial charge in [-0.15, -0.1) is 5.43 Å². The average Bonchev–Trinajstić information content (AvgIpc) is 2.03. The first-order valence-electron chi connectivity index (χ1n) is 3.32. The molecule has 5 heteroatoms. The van der Waals surface area contributed by atoms with Crippen LogP contribution in [0.15, 0.2) is 29.5 Å². The van der Waals surface area contributed by atoms with Gasteiger partial charge in [0.15, 0.2) is 5.69 Å². The van der Waals surface area contributed by atoms with E-state index in [0.29, 0.717) is 15.6 Å². The van der Waals surface area contributed by atoms with Crippen LogP contribution in [-0.4, -0.2) is 11.9 Å². The van der Waals surface area contributed by atoms with Gasteiger partial charge in [-0.05, 0) is 12.1 Å². The van der Waals surface area contributed by atoms with Gasteiger partial charge in [0.25, 0.3) is 0 Å². The highest BCUT2D eigenvalue weighted by Crippen LogP contribution is 2.19. The van der Waals surface area contributed by atoms with Crippen LogP contribution < -0.4 is 5.43 Å². The Morgan fingerprint density at radius 2 is 2.17 bits per heavy atom. The predicted octanol–water partition coefficient (Wildman–Crippen LogP) is 2.26. The molecule has 1 N–H and O–H groups in total. The van der Waals surface area contributed by atoms with Crippen molar-refractivity contribution in [1.82, 2.24) is 0 Å². The fraction of sp³-hybridized carbons (Fsp3) is 0.143. The monoisotopic (exact) mass is 185 g/mol. The number of nitrogens with one attached hydrogen (secondary N) is 1. The van der Waals surface area contributed by atoms with Gasteiger partial charge in [0.05, 0.1) is 10.2 Å². The van der Waals surface area contributed by atoms with Gasteiger partial charge in [0.2, 0.25) is 0 Å². The van der Waals surface area contributed by atoms with Gasteiger partial charge < -0.3 is 5.21 Å². The zero-order chi connectivity index (χ0) is 8.97. The van der Waals surface area contributed by atoms with E-state index in [4.69, 9.17) is 11.6 Å². The minimum Gasteiger partial charge on any atom is -0.696 e. The molecule has 12 heavy (non-hydrogen) atoms. The molecule has 0 spiro atoms. The SMILES string of the molecule is C[N+]([O-])=NNc1ccccc1Cl. The number of hydrogen-bond donors (Lipinski definition) is 1. The molecule has 64 valence electrons. The molecule has 0 bridgehead atoms. The lowest BCUT2D eigenvalue weighted by Crippen LogP contribution is -1.96. The van der Waals surface area contributed by atoms with E-state index >= 15 is 0 Å². The maximum Gasteiger partial charge on any atom is 0.165 e. The van der Waals surface area contributed by atoms with E-state index in [1.807, 2.05) is 0 Å². The third kappa shape index (κ3) is 2.39. The molecule has 1 aromatic rings. The van der Waals surface area contributed by atoms with Gasteiger partial charge in [-0.2, -0.15) is 4.86 Å². The van der Waals surface area contributed by atoms with Crippen LogP contribution in [0.3, 0.4) is 0 Å². The first-order chi connectivity index (χ1) is 5.70. The molecular weight excluding hydrogens is 178 g/mol. The maximum atomic E-state index is 10.4. The Bertz CT molecular complexity index is 296. The van der Waals surface area contributed by atoms with Crippen LogP contribution in [0.4, 0.5) is 5.69 Å². The van der Waals surface area contributed by atoms with E-state index < -0.39 is 0 Å². The first kappa shape index (κ1) is 8.80. The number of halogens is 1. The van der Waals surface area contributed by atoms with Crippen LogP contribution in [0.25, 0.3) is 0 Å². The summed E-state index contributed by atoms with van der Waals surface area (Å²) in [6.45, 7) is 0. The van der Waals surface area contributed by atoms with Gasteiger partial charge in [0, 0.05) is 0 Å². The van der Waals surface area contributed by atoms with Gasteiger partial charge in [-0.25, -0.2) is 0 Å². The highest BCUT2D eigenvalue weighted by atomic mass is 35.5. The lowest BCUT2D eigenvalue weighted by atomic mass is 10.3. The molecule has 0 aliphatic heterocycles. The average molecular weight is 186 g/mol. The lowest BCUT2D eigenvalue weighted by Gasteiger charge is -1.98. The van der Waals surface area contributed by atoms with Crippen LogP contribution in [-0.2, 0) is 0 Å². The van der Waals surface area contributed by atoms with E-state index in [1.54, 1.807) is 24.3 Å². The van der Waals surface area contributed by atoms with Crippen molar-refractivity contribution < 1.29 is 4.86 Å². The van der Waals surface area contributed by atoms with Gasteiger partial charge in [-0.3, -0.25) is 0 Å². The first-order valence-corrected chi connectivity index (χ1v) is 3.70. The van der Waals surface area contributed by atoms with E-state index in [9.17, 15) is 5.21 Å². The molecule has 0 saturated carbocycles. The van der Waals surface area contributed by atoms with Crippen molar-refractivity contribution in [2.24, 2.45) is 5.22 Å². The molecule has 0 amide bonds. The number of hydrogen-bond acceptors (Lipinski definition) is 2. The van der Waals surface area contributed by atoms with Crippen molar-refractivity contribution in [1.29, 1.82) is 0 Å². The van der Waals surface area contributed by atoms with Crippen LogP contribution in [0.5, 0.6) is 0 Å². The number of benzene rings is 1. The highest BCUT2D eigenvalue weighted by molar-refractivity contribution is 6.33. The maximum absolute atomic E-state index is 10.4. The molecule has 1 aromatic carbocycles. The molecule has 0 radical (unpaired) electrons. The second-order valence-electron chi connectivity index (χ2n) is 2.16. The summed E-state index contributed by atoms with van der Waals surface area (Å²) in [4.78, 5) is 0.420. The highest BCUT2D eigenvalue weighted by Gasteiger charge is 2.00. The van der Waals surface area contributed by atoms with Crippen molar-refractivity contribution in [3.63, 3.8) is 0 Å². The van der Waals surface area contributed by atoms with Crippen molar-refractivity contribution in [3.05, 3.63) is 34.5 Å². The number of nitrogens with zero attached hydrogens (tertiary/aromatic N) is 2. The van der Waals surface area contributed by atoms with Crippen molar-refractivity contribution in [2.75, 3.05) is 12.5 Å². The Labute approximate surface area is 75.0 Å². The quantitative estimate of drug-likeness (QED) is 0.437. The normalized spacial score (nSPS) is 11.3. The minimum absolute atomic E-state index is 0.420. The van der Waals surface area contributed by atoms with Gasteiger partial charge in [0.1, 0.15) is 7.05 Å². The van der Waals surface area contributed by atoms with E-state index in [-0.39, 0.29) is 0 Å². The number of para-hydroxylation sites is 1. The summed E-state index contributed by atoms with van der Waals surface area (Å²) in [5, 5.41) is 14.3. The molecular formula is C7H8ClN3O. The molecule has 0 saturated heterocycles. The van der Waals surface area contributed by atoms with Gasteiger partial charge >= 0.3 is 0 Å². The fourth-order valence-electron chi connectivity index (χ4n) is 0.676. The lowest BCUT2D eigenvalue weighted by molar-refractivity contribution is -0.497. The van der Waals surface area contributed by atoms with Crippen LogP contribution in [0.1, 0.15) is 0 Å². The summed E-state index contributed by atoms with van der Waals surface area (Å²) in [6.07, 6.45) is 0. The summed E-state index contributed by atoms with van der Waals surface area (Å²) in [6, 6.07) is 7.04. The summed E-state index contributed by atoms with van der Waals surface area (Å²) in [5.74, 6) is 0. The second kappa shape index (κ2) is 3.92. The third-order valence-electron chi connectivity index (χ3n) is 1.19. The standard InChI is InChI=1S/C7H8ClN3O/c1-11(12)10-9-7-5-3-2-4-6(7)8/h2-5,9H,1H3. The second-order valence-corrected chi connectivity index (χ2v) is 2.56. The van der Waals surface area contributed by atoms with E-state index in [2.05, 4.69) is 10.6 Å². The Kier molecular flexibility index (Phi) is 2.88. The Morgan fingerprint density at radius 3 is 2.75 bits per heavy atom. The van der Waals surface area contributed by atoms with Crippen molar-refractivity contribution in [2.45, 2.75) is 0 Å². The molecule has 0 atom stereocenters. The van der Waals surface area contributed by atoms with E-state index in [1.165, 1.54) is 7.05 Å². The predicted molar refractivity (Wildman–Crippen MR) is 47.1 cm³/mol. The molecule has 0 heterocycles.